The number of carboxylic acids is 1. The molecule has 0 fully saturated rings. The van der Waals surface area contributed by atoms with Gasteiger partial charge in [-0.2, -0.15) is 0 Å². The summed E-state index contributed by atoms with van der Waals surface area (Å²) in [5.74, 6) is -0.854. The third kappa shape index (κ3) is 4.56. The average molecular weight is 158 g/mol. The number of aliphatic carboxylic acids is 1. The van der Waals surface area contributed by atoms with E-state index in [1.165, 1.54) is 0 Å². The van der Waals surface area contributed by atoms with E-state index in [-0.39, 0.29) is 0 Å². The van der Waals surface area contributed by atoms with E-state index < -0.39 is 5.97 Å². The third-order valence-corrected chi connectivity index (χ3v) is 1.31. The van der Waals surface area contributed by atoms with Gasteiger partial charge in [0, 0.05) is 12.2 Å². The highest BCUT2D eigenvalue weighted by atomic mass is 16.5. The van der Waals surface area contributed by atoms with Gasteiger partial charge in [-0.1, -0.05) is 6.92 Å². The van der Waals surface area contributed by atoms with Crippen molar-refractivity contribution in [2.75, 3.05) is 13.2 Å². The molecule has 0 saturated heterocycles. The lowest BCUT2D eigenvalue weighted by Crippen LogP contribution is -2.01. The van der Waals surface area contributed by atoms with E-state index in [1.807, 2.05) is 13.8 Å². The van der Waals surface area contributed by atoms with Crippen LogP contribution in [0.4, 0.5) is 0 Å². The Bertz CT molecular complexity index is 149. The Balaban J connectivity index is 3.81. The van der Waals surface area contributed by atoms with Crippen molar-refractivity contribution in [2.24, 2.45) is 0 Å². The minimum absolute atomic E-state index is 0.395. The normalized spacial score (nSPS) is 11.6. The quantitative estimate of drug-likeness (QED) is 0.486. The van der Waals surface area contributed by atoms with E-state index in [0.29, 0.717) is 25.2 Å². The van der Waals surface area contributed by atoms with Crippen molar-refractivity contribution >= 4 is 5.97 Å². The second kappa shape index (κ2) is 5.92. The summed E-state index contributed by atoms with van der Waals surface area (Å²) in [5, 5.41) is 8.55. The van der Waals surface area contributed by atoms with Gasteiger partial charge in [-0.25, -0.2) is 4.79 Å². The molecular weight excluding hydrogens is 144 g/mol. The van der Waals surface area contributed by atoms with Gasteiger partial charge in [-0.15, -0.1) is 0 Å². The summed E-state index contributed by atoms with van der Waals surface area (Å²) in [6, 6.07) is 0. The van der Waals surface area contributed by atoms with Crippen LogP contribution in [0.15, 0.2) is 11.6 Å². The molecular formula is C8H14O3. The maximum Gasteiger partial charge on any atom is 0.331 e. The molecule has 0 aromatic heterocycles. The summed E-state index contributed by atoms with van der Waals surface area (Å²) in [6.07, 6.45) is 2.15. The maximum atomic E-state index is 10.4. The molecule has 64 valence electrons. The van der Waals surface area contributed by atoms with Crippen LogP contribution in [0.5, 0.6) is 0 Å². The maximum absolute atomic E-state index is 10.4. The molecule has 1 N–H and O–H groups in total. The number of carboxylic acid groups (broad SMARTS) is 1. The number of ether oxygens (including phenoxy) is 1. The van der Waals surface area contributed by atoms with Gasteiger partial charge in [0.1, 0.15) is 0 Å². The summed E-state index contributed by atoms with van der Waals surface area (Å²) in [5.41, 5.74) is 0.415. The molecule has 0 rings (SSSR count). The van der Waals surface area contributed by atoms with E-state index in [9.17, 15) is 4.79 Å². The SMILES string of the molecule is CCOCC=C(CC)C(=O)O. The highest BCUT2D eigenvalue weighted by Crippen LogP contribution is 1.99. The summed E-state index contributed by atoms with van der Waals surface area (Å²) < 4.78 is 4.98. The highest BCUT2D eigenvalue weighted by Gasteiger charge is 2.01. The Hall–Kier alpha value is -0.830. The fourth-order valence-corrected chi connectivity index (χ4v) is 0.660. The van der Waals surface area contributed by atoms with Crippen molar-refractivity contribution < 1.29 is 14.6 Å². The van der Waals surface area contributed by atoms with Crippen LogP contribution in [0, 0.1) is 0 Å². The average Bonchev–Trinajstić information content (AvgIpc) is 1.97. The fraction of sp³-hybridized carbons (Fsp3) is 0.625. The van der Waals surface area contributed by atoms with Gasteiger partial charge in [0.2, 0.25) is 0 Å². The zero-order valence-corrected chi connectivity index (χ0v) is 6.96. The lowest BCUT2D eigenvalue weighted by atomic mass is 10.2. The van der Waals surface area contributed by atoms with Crippen LogP contribution < -0.4 is 0 Å². The van der Waals surface area contributed by atoms with Crippen molar-refractivity contribution in [3.63, 3.8) is 0 Å². The molecule has 3 heteroatoms. The summed E-state index contributed by atoms with van der Waals surface area (Å²) in [6.45, 7) is 4.70. The van der Waals surface area contributed by atoms with Crippen LogP contribution in [0.2, 0.25) is 0 Å². The molecule has 0 aromatic carbocycles. The largest absolute Gasteiger partial charge is 0.478 e. The molecule has 11 heavy (non-hydrogen) atoms. The predicted octanol–water partition coefficient (Wildman–Crippen LogP) is 1.44. The van der Waals surface area contributed by atoms with Crippen LogP contribution in [0.3, 0.4) is 0 Å². The molecule has 0 aliphatic heterocycles. The second-order valence-electron chi connectivity index (χ2n) is 2.05. The van der Waals surface area contributed by atoms with Crippen LogP contribution in [-0.2, 0) is 9.53 Å². The van der Waals surface area contributed by atoms with Crippen LogP contribution >= 0.6 is 0 Å². The van der Waals surface area contributed by atoms with Gasteiger partial charge in [0.15, 0.2) is 0 Å². The van der Waals surface area contributed by atoms with E-state index in [0.717, 1.165) is 0 Å². The van der Waals surface area contributed by atoms with E-state index >= 15 is 0 Å². The second-order valence-corrected chi connectivity index (χ2v) is 2.05. The van der Waals surface area contributed by atoms with Gasteiger partial charge in [-0.05, 0) is 19.4 Å². The number of carbonyl (C=O) groups is 1. The molecule has 0 aliphatic carbocycles. The molecule has 0 aliphatic rings. The van der Waals surface area contributed by atoms with Gasteiger partial charge in [-0.3, -0.25) is 0 Å². The zero-order chi connectivity index (χ0) is 8.69. The molecule has 0 heterocycles. The Morgan fingerprint density at radius 1 is 1.55 bits per heavy atom. The first kappa shape index (κ1) is 10.2. The minimum atomic E-state index is -0.854. The monoisotopic (exact) mass is 158 g/mol. The first-order valence-corrected chi connectivity index (χ1v) is 3.72. The summed E-state index contributed by atoms with van der Waals surface area (Å²) in [4.78, 5) is 10.4. The van der Waals surface area contributed by atoms with Crippen LogP contribution in [0.25, 0.3) is 0 Å². The first-order valence-electron chi connectivity index (χ1n) is 3.72. The first-order chi connectivity index (χ1) is 5.22. The zero-order valence-electron chi connectivity index (χ0n) is 6.96. The van der Waals surface area contributed by atoms with Crippen molar-refractivity contribution in [2.45, 2.75) is 20.3 Å². The number of hydrogen-bond acceptors (Lipinski definition) is 2. The van der Waals surface area contributed by atoms with Crippen molar-refractivity contribution in [3.8, 4) is 0 Å². The lowest BCUT2D eigenvalue weighted by molar-refractivity contribution is -0.132. The highest BCUT2D eigenvalue weighted by molar-refractivity contribution is 5.86. The molecule has 0 spiro atoms. The molecule has 0 bridgehead atoms. The van der Waals surface area contributed by atoms with Gasteiger partial charge in [0.05, 0.1) is 6.61 Å². The summed E-state index contributed by atoms with van der Waals surface area (Å²) >= 11 is 0. The smallest absolute Gasteiger partial charge is 0.331 e. The molecule has 0 aromatic rings. The molecule has 0 amide bonds. The van der Waals surface area contributed by atoms with Crippen molar-refractivity contribution in [3.05, 3.63) is 11.6 Å². The van der Waals surface area contributed by atoms with Crippen molar-refractivity contribution in [1.29, 1.82) is 0 Å². The van der Waals surface area contributed by atoms with Crippen LogP contribution in [-0.4, -0.2) is 24.3 Å². The third-order valence-electron chi connectivity index (χ3n) is 1.31. The van der Waals surface area contributed by atoms with E-state index in [1.54, 1.807) is 6.08 Å². The van der Waals surface area contributed by atoms with Gasteiger partial charge >= 0.3 is 5.97 Å². The van der Waals surface area contributed by atoms with Gasteiger partial charge in [0.25, 0.3) is 0 Å². The topological polar surface area (TPSA) is 46.5 Å². The minimum Gasteiger partial charge on any atom is -0.478 e. The molecule has 0 unspecified atom stereocenters. The van der Waals surface area contributed by atoms with E-state index in [4.69, 9.17) is 9.84 Å². The van der Waals surface area contributed by atoms with Gasteiger partial charge < -0.3 is 9.84 Å². The van der Waals surface area contributed by atoms with E-state index in [2.05, 4.69) is 0 Å². The standard InChI is InChI=1S/C8H14O3/c1-3-7(8(9)10)5-6-11-4-2/h5H,3-4,6H2,1-2H3,(H,9,10). The van der Waals surface area contributed by atoms with Crippen molar-refractivity contribution in [1.82, 2.24) is 0 Å². The lowest BCUT2D eigenvalue weighted by Gasteiger charge is -1.97. The molecule has 0 radical (unpaired) electrons. The van der Waals surface area contributed by atoms with Crippen LogP contribution in [0.1, 0.15) is 20.3 Å². The Morgan fingerprint density at radius 3 is 2.55 bits per heavy atom. The number of rotatable bonds is 5. The Morgan fingerprint density at radius 2 is 2.18 bits per heavy atom. The predicted molar refractivity (Wildman–Crippen MR) is 42.5 cm³/mol. The molecule has 3 nitrogen and oxygen atoms in total. The number of hydrogen-bond donors (Lipinski definition) is 1. The Labute approximate surface area is 66.7 Å². The fourth-order valence-electron chi connectivity index (χ4n) is 0.660. The Kier molecular flexibility index (Phi) is 5.47. The molecule has 0 saturated carbocycles. The summed E-state index contributed by atoms with van der Waals surface area (Å²) in [7, 11) is 0. The molecule has 0 atom stereocenters.